The van der Waals surface area contributed by atoms with Gasteiger partial charge >= 0.3 is 0 Å². The number of amides is 2. The molecule has 114 valence electrons. The van der Waals surface area contributed by atoms with Crippen LogP contribution in [-0.2, 0) is 9.59 Å². The van der Waals surface area contributed by atoms with Crippen LogP contribution in [0.5, 0.6) is 0 Å². The SMILES string of the molecule is CC(C)=CC(=O)N1CCC[C@H](C(=O)Nc2nc(C)cs2)C1. The second-order valence-electron chi connectivity index (χ2n) is 5.63. The Morgan fingerprint density at radius 2 is 2.24 bits per heavy atom. The lowest BCUT2D eigenvalue weighted by atomic mass is 9.97. The summed E-state index contributed by atoms with van der Waals surface area (Å²) in [6, 6.07) is 0. The molecule has 1 aromatic heterocycles. The van der Waals surface area contributed by atoms with Crippen LogP contribution in [0.1, 0.15) is 32.4 Å². The third kappa shape index (κ3) is 4.39. The number of thiazole rings is 1. The number of nitrogens with one attached hydrogen (secondary N) is 1. The molecule has 1 atom stereocenters. The van der Waals surface area contributed by atoms with E-state index in [9.17, 15) is 9.59 Å². The molecule has 2 amide bonds. The molecule has 1 aliphatic rings. The van der Waals surface area contributed by atoms with Gasteiger partial charge in [-0.2, -0.15) is 0 Å². The van der Waals surface area contributed by atoms with Gasteiger partial charge < -0.3 is 10.2 Å². The van der Waals surface area contributed by atoms with Crippen LogP contribution in [0, 0.1) is 12.8 Å². The summed E-state index contributed by atoms with van der Waals surface area (Å²) in [5, 5.41) is 5.38. The van der Waals surface area contributed by atoms with Crippen LogP contribution in [0.25, 0.3) is 0 Å². The first-order valence-corrected chi connectivity index (χ1v) is 8.00. The first-order valence-electron chi connectivity index (χ1n) is 7.12. The van der Waals surface area contributed by atoms with E-state index in [2.05, 4.69) is 10.3 Å². The van der Waals surface area contributed by atoms with Crippen LogP contribution in [-0.4, -0.2) is 34.8 Å². The quantitative estimate of drug-likeness (QED) is 0.873. The van der Waals surface area contributed by atoms with Crippen LogP contribution in [0.15, 0.2) is 17.0 Å². The fourth-order valence-electron chi connectivity index (χ4n) is 2.35. The lowest BCUT2D eigenvalue weighted by Gasteiger charge is -2.31. The standard InChI is InChI=1S/C15H21N3O2S/c1-10(2)7-13(19)18-6-4-5-12(8-18)14(20)17-15-16-11(3)9-21-15/h7,9,12H,4-6,8H2,1-3H3,(H,16,17,20)/t12-/m0/s1. The van der Waals surface area contributed by atoms with Crippen molar-refractivity contribution in [3.05, 3.63) is 22.7 Å². The minimum absolute atomic E-state index is 0.00223. The lowest BCUT2D eigenvalue weighted by Crippen LogP contribution is -2.43. The van der Waals surface area contributed by atoms with Crippen LogP contribution in [0.3, 0.4) is 0 Å². The third-order valence-electron chi connectivity index (χ3n) is 3.37. The number of aryl methyl sites for hydroxylation is 1. The second kappa shape index (κ2) is 6.85. The number of carbonyl (C=O) groups excluding carboxylic acids is 2. The normalized spacial score (nSPS) is 18.2. The molecule has 0 radical (unpaired) electrons. The van der Waals surface area contributed by atoms with Crippen molar-refractivity contribution in [1.29, 1.82) is 0 Å². The van der Waals surface area contributed by atoms with E-state index in [4.69, 9.17) is 0 Å². The van der Waals surface area contributed by atoms with Gasteiger partial charge in [0.2, 0.25) is 11.8 Å². The highest BCUT2D eigenvalue weighted by Crippen LogP contribution is 2.21. The van der Waals surface area contributed by atoms with Crippen molar-refractivity contribution in [3.63, 3.8) is 0 Å². The lowest BCUT2D eigenvalue weighted by molar-refractivity contribution is -0.130. The number of nitrogens with zero attached hydrogens (tertiary/aromatic N) is 2. The Hall–Kier alpha value is -1.69. The number of likely N-dealkylation sites (tertiary alicyclic amines) is 1. The zero-order valence-electron chi connectivity index (χ0n) is 12.7. The molecule has 6 heteroatoms. The molecule has 1 aromatic rings. The molecule has 1 saturated heterocycles. The minimum Gasteiger partial charge on any atom is -0.338 e. The number of anilines is 1. The summed E-state index contributed by atoms with van der Waals surface area (Å²) in [5.74, 6) is -0.200. The topological polar surface area (TPSA) is 62.3 Å². The van der Waals surface area contributed by atoms with E-state index in [0.29, 0.717) is 11.7 Å². The van der Waals surface area contributed by atoms with Crippen LogP contribution < -0.4 is 5.32 Å². The maximum atomic E-state index is 12.3. The second-order valence-corrected chi connectivity index (χ2v) is 6.49. The molecule has 0 bridgehead atoms. The number of rotatable bonds is 3. The molecular formula is C15H21N3O2S. The summed E-state index contributed by atoms with van der Waals surface area (Å²) in [4.78, 5) is 30.3. The summed E-state index contributed by atoms with van der Waals surface area (Å²) in [6.07, 6.45) is 3.30. The maximum Gasteiger partial charge on any atom is 0.246 e. The summed E-state index contributed by atoms with van der Waals surface area (Å²) in [5.41, 5.74) is 1.88. The Morgan fingerprint density at radius 1 is 1.48 bits per heavy atom. The number of allylic oxidation sites excluding steroid dienone is 1. The third-order valence-corrected chi connectivity index (χ3v) is 4.24. The zero-order chi connectivity index (χ0) is 15.4. The van der Waals surface area contributed by atoms with Gasteiger partial charge in [0.15, 0.2) is 5.13 Å². The van der Waals surface area contributed by atoms with E-state index in [1.807, 2.05) is 26.2 Å². The van der Waals surface area contributed by atoms with E-state index in [1.165, 1.54) is 11.3 Å². The Kier molecular flexibility index (Phi) is 5.12. The van der Waals surface area contributed by atoms with Crippen LogP contribution in [0.4, 0.5) is 5.13 Å². The molecule has 21 heavy (non-hydrogen) atoms. The van der Waals surface area contributed by atoms with E-state index in [0.717, 1.165) is 30.7 Å². The van der Waals surface area contributed by atoms with Gasteiger partial charge in [-0.15, -0.1) is 11.3 Å². The largest absolute Gasteiger partial charge is 0.338 e. The van der Waals surface area contributed by atoms with Crippen molar-refractivity contribution in [3.8, 4) is 0 Å². The van der Waals surface area contributed by atoms with E-state index >= 15 is 0 Å². The number of piperidine rings is 1. The van der Waals surface area contributed by atoms with Gasteiger partial charge in [-0.3, -0.25) is 9.59 Å². The fourth-order valence-corrected chi connectivity index (χ4v) is 3.04. The summed E-state index contributed by atoms with van der Waals surface area (Å²) >= 11 is 1.42. The molecule has 0 spiro atoms. The summed E-state index contributed by atoms with van der Waals surface area (Å²) in [7, 11) is 0. The molecule has 1 aliphatic heterocycles. The molecule has 5 nitrogen and oxygen atoms in total. The van der Waals surface area contributed by atoms with Gasteiger partial charge in [0.25, 0.3) is 0 Å². The van der Waals surface area contributed by atoms with Crippen molar-refractivity contribution < 1.29 is 9.59 Å². The van der Waals surface area contributed by atoms with E-state index in [-0.39, 0.29) is 17.7 Å². The molecular weight excluding hydrogens is 286 g/mol. The average Bonchev–Trinajstić information content (AvgIpc) is 2.83. The van der Waals surface area contributed by atoms with Crippen molar-refractivity contribution in [2.75, 3.05) is 18.4 Å². The van der Waals surface area contributed by atoms with E-state index < -0.39 is 0 Å². The Balaban J connectivity index is 1.95. The van der Waals surface area contributed by atoms with Gasteiger partial charge in [0, 0.05) is 24.5 Å². The monoisotopic (exact) mass is 307 g/mol. The van der Waals surface area contributed by atoms with E-state index in [1.54, 1.807) is 11.0 Å². The minimum atomic E-state index is -0.155. The summed E-state index contributed by atoms with van der Waals surface area (Å²) < 4.78 is 0. The zero-order valence-corrected chi connectivity index (χ0v) is 13.5. The molecule has 0 unspecified atom stereocenters. The maximum absolute atomic E-state index is 12.3. The highest BCUT2D eigenvalue weighted by Gasteiger charge is 2.28. The Labute approximate surface area is 129 Å². The number of hydrogen-bond donors (Lipinski definition) is 1. The fraction of sp³-hybridized carbons (Fsp3) is 0.533. The first kappa shape index (κ1) is 15.7. The Bertz CT molecular complexity index is 561. The predicted octanol–water partition coefficient (Wildman–Crippen LogP) is 2.59. The van der Waals surface area contributed by atoms with Crippen molar-refractivity contribution >= 4 is 28.3 Å². The van der Waals surface area contributed by atoms with Gasteiger partial charge in [-0.1, -0.05) is 5.57 Å². The predicted molar refractivity (Wildman–Crippen MR) is 84.2 cm³/mol. The smallest absolute Gasteiger partial charge is 0.246 e. The highest BCUT2D eigenvalue weighted by molar-refractivity contribution is 7.13. The average molecular weight is 307 g/mol. The van der Waals surface area contributed by atoms with Crippen molar-refractivity contribution in [2.24, 2.45) is 5.92 Å². The molecule has 0 aliphatic carbocycles. The van der Waals surface area contributed by atoms with Crippen molar-refractivity contribution in [2.45, 2.75) is 33.6 Å². The van der Waals surface area contributed by atoms with Gasteiger partial charge in [0.1, 0.15) is 0 Å². The molecule has 0 saturated carbocycles. The van der Waals surface area contributed by atoms with Gasteiger partial charge in [-0.25, -0.2) is 4.98 Å². The first-order chi connectivity index (χ1) is 9.95. The van der Waals surface area contributed by atoms with Gasteiger partial charge in [0.05, 0.1) is 11.6 Å². The molecule has 2 rings (SSSR count). The number of hydrogen-bond acceptors (Lipinski definition) is 4. The van der Waals surface area contributed by atoms with Gasteiger partial charge in [-0.05, 0) is 33.6 Å². The molecule has 1 N–H and O–H groups in total. The van der Waals surface area contributed by atoms with Crippen LogP contribution >= 0.6 is 11.3 Å². The number of carbonyl (C=O) groups is 2. The van der Waals surface area contributed by atoms with Crippen LogP contribution in [0.2, 0.25) is 0 Å². The molecule has 0 aromatic carbocycles. The highest BCUT2D eigenvalue weighted by atomic mass is 32.1. The van der Waals surface area contributed by atoms with Crippen molar-refractivity contribution in [1.82, 2.24) is 9.88 Å². The molecule has 1 fully saturated rings. The molecule has 2 heterocycles. The number of aromatic nitrogens is 1. The Morgan fingerprint density at radius 3 is 2.86 bits per heavy atom. The summed E-state index contributed by atoms with van der Waals surface area (Å²) in [6.45, 7) is 6.90.